The summed E-state index contributed by atoms with van der Waals surface area (Å²) in [6.45, 7) is 0.874. The first-order valence-corrected chi connectivity index (χ1v) is 7.45. The predicted molar refractivity (Wildman–Crippen MR) is 84.6 cm³/mol. The van der Waals surface area contributed by atoms with Crippen molar-refractivity contribution < 1.29 is 4.39 Å². The van der Waals surface area contributed by atoms with Crippen molar-refractivity contribution in [2.45, 2.75) is 25.3 Å². The van der Waals surface area contributed by atoms with Gasteiger partial charge in [-0.05, 0) is 55.8 Å². The number of nitrogens with zero attached hydrogens (tertiary/aromatic N) is 3. The van der Waals surface area contributed by atoms with E-state index in [0.29, 0.717) is 6.42 Å². The van der Waals surface area contributed by atoms with E-state index in [-0.39, 0.29) is 11.9 Å². The Labute approximate surface area is 131 Å². The lowest BCUT2D eigenvalue weighted by Crippen LogP contribution is -2.26. The van der Waals surface area contributed by atoms with Crippen LogP contribution in [0.5, 0.6) is 0 Å². The van der Waals surface area contributed by atoms with Gasteiger partial charge in [0, 0.05) is 18.8 Å². The van der Waals surface area contributed by atoms with E-state index in [9.17, 15) is 4.39 Å². The Morgan fingerprint density at radius 2 is 1.95 bits per heavy atom. The van der Waals surface area contributed by atoms with Crippen LogP contribution < -0.4 is 0 Å². The molecule has 0 spiro atoms. The van der Waals surface area contributed by atoms with Gasteiger partial charge in [-0.1, -0.05) is 18.2 Å². The average Bonchev–Trinajstić information content (AvgIpc) is 2.55. The third-order valence-electron chi connectivity index (χ3n) is 3.68. The zero-order chi connectivity index (χ0) is 15.8. The molecule has 0 unspecified atom stereocenters. The molecule has 0 fully saturated rings. The Morgan fingerprint density at radius 3 is 2.59 bits per heavy atom. The molecule has 0 radical (unpaired) electrons. The lowest BCUT2D eigenvalue weighted by Gasteiger charge is -2.28. The lowest BCUT2D eigenvalue weighted by atomic mass is 9.98. The monoisotopic (exact) mass is 297 g/mol. The molecule has 2 rings (SSSR count). The smallest absolute Gasteiger partial charge is 0.123 e. The van der Waals surface area contributed by atoms with Crippen LogP contribution in [0.25, 0.3) is 0 Å². The van der Waals surface area contributed by atoms with E-state index in [1.807, 2.05) is 37.5 Å². The SMILES string of the molecule is CN(CCCCC#N)[C@@H](c1ccc(F)cc1)c1cccnc1. The molecule has 0 saturated heterocycles. The van der Waals surface area contributed by atoms with Crippen LogP contribution in [0.4, 0.5) is 4.39 Å². The van der Waals surface area contributed by atoms with E-state index < -0.39 is 0 Å². The molecule has 1 aromatic heterocycles. The molecule has 0 bridgehead atoms. The van der Waals surface area contributed by atoms with Crippen LogP contribution in [0.2, 0.25) is 0 Å². The van der Waals surface area contributed by atoms with Crippen molar-refractivity contribution in [2.24, 2.45) is 0 Å². The van der Waals surface area contributed by atoms with Gasteiger partial charge in [-0.2, -0.15) is 5.26 Å². The molecule has 0 saturated carbocycles. The van der Waals surface area contributed by atoms with Crippen LogP contribution in [0.1, 0.15) is 36.4 Å². The summed E-state index contributed by atoms with van der Waals surface area (Å²) >= 11 is 0. The summed E-state index contributed by atoms with van der Waals surface area (Å²) in [6.07, 6.45) is 6.03. The quantitative estimate of drug-likeness (QED) is 0.727. The molecule has 4 heteroatoms. The highest BCUT2D eigenvalue weighted by Gasteiger charge is 2.19. The zero-order valence-corrected chi connectivity index (χ0v) is 12.7. The summed E-state index contributed by atoms with van der Waals surface area (Å²) in [7, 11) is 2.05. The van der Waals surface area contributed by atoms with Crippen molar-refractivity contribution in [3.8, 4) is 6.07 Å². The van der Waals surface area contributed by atoms with Gasteiger partial charge in [0.2, 0.25) is 0 Å². The fourth-order valence-corrected chi connectivity index (χ4v) is 2.58. The Balaban J connectivity index is 2.18. The minimum atomic E-state index is -0.231. The van der Waals surface area contributed by atoms with Crippen molar-refractivity contribution in [1.82, 2.24) is 9.88 Å². The number of rotatable bonds is 7. The van der Waals surface area contributed by atoms with Crippen molar-refractivity contribution in [2.75, 3.05) is 13.6 Å². The van der Waals surface area contributed by atoms with Crippen molar-refractivity contribution in [3.05, 3.63) is 65.7 Å². The van der Waals surface area contributed by atoms with Gasteiger partial charge in [-0.25, -0.2) is 4.39 Å². The van der Waals surface area contributed by atoms with Gasteiger partial charge in [-0.15, -0.1) is 0 Å². The largest absolute Gasteiger partial charge is 0.295 e. The van der Waals surface area contributed by atoms with E-state index >= 15 is 0 Å². The molecule has 1 aromatic carbocycles. The maximum absolute atomic E-state index is 13.2. The summed E-state index contributed by atoms with van der Waals surface area (Å²) in [5, 5.41) is 8.62. The number of pyridine rings is 1. The summed E-state index contributed by atoms with van der Waals surface area (Å²) in [5.74, 6) is -0.231. The van der Waals surface area contributed by atoms with Gasteiger partial charge in [0.05, 0.1) is 12.1 Å². The topological polar surface area (TPSA) is 39.9 Å². The third-order valence-corrected chi connectivity index (χ3v) is 3.68. The fraction of sp³-hybridized carbons (Fsp3) is 0.333. The predicted octanol–water partition coefficient (Wildman–Crippen LogP) is 3.94. The molecule has 1 heterocycles. The molecule has 0 aliphatic carbocycles. The summed E-state index contributed by atoms with van der Waals surface area (Å²) in [5.41, 5.74) is 2.12. The van der Waals surface area contributed by atoms with Gasteiger partial charge in [0.1, 0.15) is 5.82 Å². The summed E-state index contributed by atoms with van der Waals surface area (Å²) in [4.78, 5) is 6.42. The minimum Gasteiger partial charge on any atom is -0.295 e. The van der Waals surface area contributed by atoms with Gasteiger partial charge in [0.25, 0.3) is 0 Å². The molecular formula is C18H20FN3. The number of benzene rings is 1. The summed E-state index contributed by atoms with van der Waals surface area (Å²) < 4.78 is 13.2. The van der Waals surface area contributed by atoms with Crippen LogP contribution in [0, 0.1) is 17.1 Å². The molecule has 0 amide bonds. The number of unbranched alkanes of at least 4 members (excludes halogenated alkanes) is 2. The van der Waals surface area contributed by atoms with Crippen LogP contribution in [-0.4, -0.2) is 23.5 Å². The molecule has 114 valence electrons. The van der Waals surface area contributed by atoms with E-state index in [4.69, 9.17) is 5.26 Å². The minimum absolute atomic E-state index is 0.0383. The lowest BCUT2D eigenvalue weighted by molar-refractivity contribution is 0.273. The third kappa shape index (κ3) is 4.37. The van der Waals surface area contributed by atoms with Gasteiger partial charge in [-0.3, -0.25) is 9.88 Å². The first kappa shape index (κ1) is 16.1. The number of hydrogen-bond acceptors (Lipinski definition) is 3. The second-order valence-electron chi connectivity index (χ2n) is 5.34. The first-order chi connectivity index (χ1) is 10.7. The number of halogens is 1. The van der Waals surface area contributed by atoms with E-state index in [1.54, 1.807) is 6.20 Å². The zero-order valence-electron chi connectivity index (χ0n) is 12.7. The Kier molecular flexibility index (Phi) is 6.05. The number of hydrogen-bond donors (Lipinski definition) is 0. The fourth-order valence-electron chi connectivity index (χ4n) is 2.58. The maximum Gasteiger partial charge on any atom is 0.123 e. The summed E-state index contributed by atoms with van der Waals surface area (Å²) in [6, 6.07) is 12.8. The molecule has 0 aliphatic rings. The highest BCUT2D eigenvalue weighted by atomic mass is 19.1. The molecule has 2 aromatic rings. The maximum atomic E-state index is 13.2. The Hall–Kier alpha value is -2.25. The average molecular weight is 297 g/mol. The molecule has 3 nitrogen and oxygen atoms in total. The van der Waals surface area contributed by atoms with Gasteiger partial charge in [0.15, 0.2) is 0 Å². The normalized spacial score (nSPS) is 12.1. The Morgan fingerprint density at radius 1 is 1.18 bits per heavy atom. The first-order valence-electron chi connectivity index (χ1n) is 7.45. The van der Waals surface area contributed by atoms with Crippen molar-refractivity contribution >= 4 is 0 Å². The standard InChI is InChI=1S/C18H20FN3/c1-22(13-4-2-3-11-20)18(16-6-5-12-21-14-16)15-7-9-17(19)10-8-15/h5-10,12,14,18H,2-4,13H2,1H3/t18-/m0/s1. The number of nitriles is 1. The van der Waals surface area contributed by atoms with Crippen LogP contribution in [-0.2, 0) is 0 Å². The molecular weight excluding hydrogens is 277 g/mol. The van der Waals surface area contributed by atoms with E-state index in [2.05, 4.69) is 16.0 Å². The van der Waals surface area contributed by atoms with Crippen LogP contribution in [0.3, 0.4) is 0 Å². The van der Waals surface area contributed by atoms with Crippen LogP contribution in [0.15, 0.2) is 48.8 Å². The van der Waals surface area contributed by atoms with Crippen LogP contribution >= 0.6 is 0 Å². The Bertz CT molecular complexity index is 604. The number of aromatic nitrogens is 1. The highest BCUT2D eigenvalue weighted by molar-refractivity contribution is 5.30. The van der Waals surface area contributed by atoms with Crippen molar-refractivity contribution in [3.63, 3.8) is 0 Å². The molecule has 0 aliphatic heterocycles. The van der Waals surface area contributed by atoms with E-state index in [0.717, 1.165) is 30.5 Å². The molecule has 22 heavy (non-hydrogen) atoms. The van der Waals surface area contributed by atoms with Gasteiger partial charge < -0.3 is 0 Å². The second-order valence-corrected chi connectivity index (χ2v) is 5.34. The molecule has 0 N–H and O–H groups in total. The highest BCUT2D eigenvalue weighted by Crippen LogP contribution is 2.27. The van der Waals surface area contributed by atoms with E-state index in [1.165, 1.54) is 12.1 Å². The second kappa shape index (κ2) is 8.26. The van der Waals surface area contributed by atoms with Crippen molar-refractivity contribution in [1.29, 1.82) is 5.26 Å². The van der Waals surface area contributed by atoms with Gasteiger partial charge >= 0.3 is 0 Å². The molecule has 1 atom stereocenters.